The Bertz CT molecular complexity index is 992. The fourth-order valence-corrected chi connectivity index (χ4v) is 4.94. The Balaban J connectivity index is 1.64. The van der Waals surface area contributed by atoms with Gasteiger partial charge in [0.2, 0.25) is 0 Å². The molecule has 29 heavy (non-hydrogen) atoms. The van der Waals surface area contributed by atoms with Crippen LogP contribution in [-0.4, -0.2) is 34.0 Å². The summed E-state index contributed by atoms with van der Waals surface area (Å²) in [4.78, 5) is 9.98. The number of aromatic nitrogens is 3. The summed E-state index contributed by atoms with van der Waals surface area (Å²) in [5.74, 6) is 1.48. The molecule has 0 radical (unpaired) electrons. The van der Waals surface area contributed by atoms with E-state index in [0.717, 1.165) is 52.2 Å². The molecule has 0 bridgehead atoms. The molecular formula is C21H26Cl2N4OS. The molecule has 1 atom stereocenters. The Kier molecular flexibility index (Phi) is 7.68. The molecule has 1 aromatic carbocycles. The first-order valence-electron chi connectivity index (χ1n) is 9.58. The van der Waals surface area contributed by atoms with E-state index in [0.29, 0.717) is 22.5 Å². The van der Waals surface area contributed by atoms with Crippen molar-refractivity contribution in [2.24, 2.45) is 0 Å². The highest BCUT2D eigenvalue weighted by Gasteiger charge is 2.18. The van der Waals surface area contributed by atoms with Crippen LogP contribution in [0, 0.1) is 13.8 Å². The Morgan fingerprint density at radius 3 is 2.76 bits per heavy atom. The lowest BCUT2D eigenvalue weighted by Gasteiger charge is -2.20. The van der Waals surface area contributed by atoms with Crippen molar-refractivity contribution in [2.45, 2.75) is 44.0 Å². The molecule has 3 rings (SSSR count). The van der Waals surface area contributed by atoms with Crippen LogP contribution in [-0.2, 0) is 4.74 Å². The van der Waals surface area contributed by atoms with Gasteiger partial charge in [0, 0.05) is 22.7 Å². The number of hydrogen-bond donors (Lipinski definition) is 1. The molecule has 2 aromatic heterocycles. The van der Waals surface area contributed by atoms with Gasteiger partial charge in [-0.3, -0.25) is 0 Å². The normalized spacial score (nSPS) is 12.6. The summed E-state index contributed by atoms with van der Waals surface area (Å²) >= 11 is 14.0. The molecule has 0 aliphatic rings. The fourth-order valence-electron chi connectivity index (χ4n) is 3.44. The minimum absolute atomic E-state index is 0.203. The van der Waals surface area contributed by atoms with Crippen LogP contribution in [0.25, 0.3) is 11.0 Å². The van der Waals surface area contributed by atoms with Crippen LogP contribution in [0.4, 0.5) is 5.82 Å². The SMILES string of the molecule is COCC(CCCCSc1ccc(Cl)cc1Cl)n1cnc2c(N)nc(C)c(C)c21. The van der Waals surface area contributed by atoms with Crippen molar-refractivity contribution in [1.82, 2.24) is 14.5 Å². The van der Waals surface area contributed by atoms with Crippen LogP contribution in [0.15, 0.2) is 29.4 Å². The van der Waals surface area contributed by atoms with E-state index in [4.69, 9.17) is 33.7 Å². The van der Waals surface area contributed by atoms with E-state index in [-0.39, 0.29) is 6.04 Å². The number of imidazole rings is 1. The Hall–Kier alpha value is -1.47. The number of methoxy groups -OCH3 is 1. The van der Waals surface area contributed by atoms with E-state index in [1.165, 1.54) is 0 Å². The van der Waals surface area contributed by atoms with E-state index in [2.05, 4.69) is 21.5 Å². The number of halogens is 2. The predicted octanol–water partition coefficient (Wildman–Crippen LogP) is 6.09. The zero-order valence-corrected chi connectivity index (χ0v) is 19.2. The summed E-state index contributed by atoms with van der Waals surface area (Å²) < 4.78 is 7.70. The van der Waals surface area contributed by atoms with Gasteiger partial charge in [0.25, 0.3) is 0 Å². The highest BCUT2D eigenvalue weighted by molar-refractivity contribution is 7.99. The summed E-state index contributed by atoms with van der Waals surface area (Å²) in [6, 6.07) is 5.84. The number of thioether (sulfide) groups is 1. The second kappa shape index (κ2) is 10.0. The maximum absolute atomic E-state index is 6.25. The molecule has 0 saturated heterocycles. The lowest BCUT2D eigenvalue weighted by Crippen LogP contribution is -2.15. The monoisotopic (exact) mass is 452 g/mol. The maximum atomic E-state index is 6.25. The van der Waals surface area contributed by atoms with Crippen LogP contribution in [0.5, 0.6) is 0 Å². The second-order valence-corrected chi connectivity index (χ2v) is 9.07. The van der Waals surface area contributed by atoms with Gasteiger partial charge in [-0.2, -0.15) is 0 Å². The van der Waals surface area contributed by atoms with Gasteiger partial charge >= 0.3 is 0 Å². The van der Waals surface area contributed by atoms with Crippen molar-refractivity contribution >= 4 is 51.8 Å². The Morgan fingerprint density at radius 2 is 2.03 bits per heavy atom. The summed E-state index contributed by atoms with van der Waals surface area (Å²) in [6.45, 7) is 4.67. The van der Waals surface area contributed by atoms with Crippen molar-refractivity contribution in [3.05, 3.63) is 45.8 Å². The average Bonchev–Trinajstić information content (AvgIpc) is 3.12. The number of aryl methyl sites for hydroxylation is 2. The highest BCUT2D eigenvalue weighted by Crippen LogP contribution is 2.31. The molecule has 3 aromatic rings. The number of fused-ring (bicyclic) bond motifs is 1. The zero-order chi connectivity index (χ0) is 21.0. The summed E-state index contributed by atoms with van der Waals surface area (Å²) in [5, 5.41) is 1.37. The van der Waals surface area contributed by atoms with Gasteiger partial charge in [-0.25, -0.2) is 9.97 Å². The fraction of sp³-hybridized carbons (Fsp3) is 0.429. The number of nitrogens with zero attached hydrogens (tertiary/aromatic N) is 3. The number of anilines is 1. The maximum Gasteiger partial charge on any atom is 0.151 e. The first kappa shape index (κ1) is 22.2. The molecule has 0 fully saturated rings. The van der Waals surface area contributed by atoms with E-state index in [9.17, 15) is 0 Å². The molecule has 156 valence electrons. The molecule has 0 aliphatic carbocycles. The summed E-state index contributed by atoms with van der Waals surface area (Å²) in [7, 11) is 1.73. The second-order valence-electron chi connectivity index (χ2n) is 7.08. The van der Waals surface area contributed by atoms with E-state index >= 15 is 0 Å². The third kappa shape index (κ3) is 5.18. The van der Waals surface area contributed by atoms with Crippen LogP contribution in [0.3, 0.4) is 0 Å². The molecular weight excluding hydrogens is 427 g/mol. The first-order chi connectivity index (χ1) is 13.9. The van der Waals surface area contributed by atoms with E-state index in [1.54, 1.807) is 24.9 Å². The molecule has 0 amide bonds. The average molecular weight is 453 g/mol. The van der Waals surface area contributed by atoms with Crippen molar-refractivity contribution in [2.75, 3.05) is 25.2 Å². The quantitative estimate of drug-likeness (QED) is 0.314. The molecule has 0 spiro atoms. The minimum Gasteiger partial charge on any atom is -0.383 e. The molecule has 2 heterocycles. The van der Waals surface area contributed by atoms with Gasteiger partial charge in [-0.1, -0.05) is 29.6 Å². The van der Waals surface area contributed by atoms with Crippen molar-refractivity contribution in [3.63, 3.8) is 0 Å². The Labute approximate surface area is 185 Å². The lowest BCUT2D eigenvalue weighted by molar-refractivity contribution is 0.151. The first-order valence-corrected chi connectivity index (χ1v) is 11.3. The largest absolute Gasteiger partial charge is 0.383 e. The zero-order valence-electron chi connectivity index (χ0n) is 16.9. The number of hydrogen-bond acceptors (Lipinski definition) is 5. The van der Waals surface area contributed by atoms with Gasteiger partial charge in [-0.15, -0.1) is 11.8 Å². The predicted molar refractivity (Wildman–Crippen MR) is 123 cm³/mol. The van der Waals surface area contributed by atoms with Crippen molar-refractivity contribution < 1.29 is 4.74 Å². The molecule has 1 unspecified atom stereocenters. The third-order valence-electron chi connectivity index (χ3n) is 5.06. The number of ether oxygens (including phenoxy) is 1. The van der Waals surface area contributed by atoms with E-state index in [1.807, 2.05) is 25.4 Å². The van der Waals surface area contributed by atoms with Crippen molar-refractivity contribution in [1.29, 1.82) is 0 Å². The number of rotatable bonds is 9. The minimum atomic E-state index is 0.203. The van der Waals surface area contributed by atoms with Gasteiger partial charge in [0.1, 0.15) is 5.52 Å². The summed E-state index contributed by atoms with van der Waals surface area (Å²) in [5.41, 5.74) is 9.96. The van der Waals surface area contributed by atoms with E-state index < -0.39 is 0 Å². The standard InChI is InChI=1S/C21H26Cl2N4OS/c1-13-14(2)26-21(24)19-20(13)27(12-25-19)16(11-28-3)6-4-5-9-29-18-8-7-15(22)10-17(18)23/h7-8,10,12,16H,4-6,9,11H2,1-3H3,(H2,24,26). The number of pyridine rings is 1. The number of nitrogens with two attached hydrogens (primary N) is 1. The van der Waals surface area contributed by atoms with Crippen LogP contribution >= 0.6 is 35.0 Å². The van der Waals surface area contributed by atoms with Crippen LogP contribution in [0.1, 0.15) is 36.6 Å². The third-order valence-corrected chi connectivity index (χ3v) is 6.88. The van der Waals surface area contributed by atoms with Gasteiger partial charge in [-0.05, 0) is 56.2 Å². The van der Waals surface area contributed by atoms with Crippen LogP contribution in [0.2, 0.25) is 10.0 Å². The summed E-state index contributed by atoms with van der Waals surface area (Å²) in [6.07, 6.45) is 5.01. The van der Waals surface area contributed by atoms with Crippen LogP contribution < -0.4 is 5.73 Å². The Morgan fingerprint density at radius 1 is 1.24 bits per heavy atom. The molecule has 8 heteroatoms. The smallest absolute Gasteiger partial charge is 0.151 e. The topological polar surface area (TPSA) is 66.0 Å². The number of nitrogen functional groups attached to an aromatic ring is 1. The molecule has 2 N–H and O–H groups in total. The number of benzene rings is 1. The molecule has 0 saturated carbocycles. The lowest BCUT2D eigenvalue weighted by atomic mass is 10.1. The van der Waals surface area contributed by atoms with Gasteiger partial charge in [0.15, 0.2) is 5.82 Å². The number of unbranched alkanes of at least 4 members (excludes halogenated alkanes) is 1. The molecule has 0 aliphatic heterocycles. The van der Waals surface area contributed by atoms with Gasteiger partial charge < -0.3 is 15.0 Å². The highest BCUT2D eigenvalue weighted by atomic mass is 35.5. The van der Waals surface area contributed by atoms with Crippen molar-refractivity contribution in [3.8, 4) is 0 Å². The van der Waals surface area contributed by atoms with Gasteiger partial charge in [0.05, 0.1) is 29.5 Å². The molecule has 5 nitrogen and oxygen atoms in total.